The van der Waals surface area contributed by atoms with E-state index in [4.69, 9.17) is 0 Å². The highest BCUT2D eigenvalue weighted by molar-refractivity contribution is 7.89. The maximum atomic E-state index is 13.0. The van der Waals surface area contributed by atoms with Crippen LogP contribution < -0.4 is 0 Å². The van der Waals surface area contributed by atoms with Gasteiger partial charge < -0.3 is 0 Å². The van der Waals surface area contributed by atoms with Crippen LogP contribution in [-0.4, -0.2) is 31.6 Å². The van der Waals surface area contributed by atoms with Gasteiger partial charge in [0.25, 0.3) is 0 Å². The average molecular weight is 329 g/mol. The second-order valence-electron chi connectivity index (χ2n) is 5.84. The monoisotopic (exact) mass is 329 g/mol. The minimum Gasteiger partial charge on any atom is -0.298 e. The Morgan fingerprint density at radius 1 is 1.09 bits per heavy atom. The molecule has 0 bridgehead atoms. The topological polar surface area (TPSA) is 54.5 Å². The zero-order valence-corrected chi connectivity index (χ0v) is 13.8. The van der Waals surface area contributed by atoms with Gasteiger partial charge in [0.1, 0.15) is 6.29 Å². The van der Waals surface area contributed by atoms with Crippen LogP contribution >= 0.6 is 0 Å². The fourth-order valence-corrected chi connectivity index (χ4v) is 4.98. The first-order valence-electron chi connectivity index (χ1n) is 7.70. The third-order valence-electron chi connectivity index (χ3n) is 4.32. The van der Waals surface area contributed by atoms with Gasteiger partial charge in [0.2, 0.25) is 10.0 Å². The van der Waals surface area contributed by atoms with Crippen LogP contribution in [0.15, 0.2) is 53.4 Å². The van der Waals surface area contributed by atoms with Crippen LogP contribution in [0.3, 0.4) is 0 Å². The van der Waals surface area contributed by atoms with Gasteiger partial charge in [0.15, 0.2) is 0 Å². The molecule has 4 nitrogen and oxygen atoms in total. The summed E-state index contributed by atoms with van der Waals surface area (Å²) in [5.41, 5.74) is 2.04. The van der Waals surface area contributed by atoms with Crippen LogP contribution in [0.5, 0.6) is 0 Å². The van der Waals surface area contributed by atoms with Crippen molar-refractivity contribution in [3.63, 3.8) is 0 Å². The van der Waals surface area contributed by atoms with Gasteiger partial charge in [0, 0.05) is 23.7 Å². The zero-order valence-electron chi connectivity index (χ0n) is 13.0. The number of hydrogen-bond acceptors (Lipinski definition) is 3. The molecule has 0 radical (unpaired) electrons. The molecule has 0 spiro atoms. The Hall–Kier alpha value is -1.98. The smallest absolute Gasteiger partial charge is 0.243 e. The number of nitrogens with zero attached hydrogens (tertiary/aromatic N) is 1. The predicted molar refractivity (Wildman–Crippen MR) is 89.9 cm³/mol. The van der Waals surface area contributed by atoms with E-state index in [0.29, 0.717) is 22.6 Å². The molecule has 1 fully saturated rings. The lowest BCUT2D eigenvalue weighted by atomic mass is 10.0. The SMILES string of the molecule is CC1CCCN1S(=O)(=O)c1ccccc1-c1ccc(C=O)cc1. The summed E-state index contributed by atoms with van der Waals surface area (Å²) in [5, 5.41) is 0. The van der Waals surface area contributed by atoms with Gasteiger partial charge in [-0.2, -0.15) is 4.31 Å². The van der Waals surface area contributed by atoms with Crippen LogP contribution in [0.2, 0.25) is 0 Å². The predicted octanol–water partition coefficient (Wildman–Crippen LogP) is 3.34. The highest BCUT2D eigenvalue weighted by Crippen LogP contribution is 2.32. The second-order valence-corrected chi connectivity index (χ2v) is 7.70. The van der Waals surface area contributed by atoms with Gasteiger partial charge >= 0.3 is 0 Å². The lowest BCUT2D eigenvalue weighted by Gasteiger charge is -2.22. The molecule has 0 aliphatic carbocycles. The third kappa shape index (κ3) is 2.94. The number of benzene rings is 2. The van der Waals surface area contributed by atoms with E-state index in [0.717, 1.165) is 24.7 Å². The van der Waals surface area contributed by atoms with E-state index in [2.05, 4.69) is 0 Å². The van der Waals surface area contributed by atoms with Crippen molar-refractivity contribution >= 4 is 16.3 Å². The summed E-state index contributed by atoms with van der Waals surface area (Å²) in [6.07, 6.45) is 2.57. The van der Waals surface area contributed by atoms with Crippen LogP contribution in [0.25, 0.3) is 11.1 Å². The Morgan fingerprint density at radius 2 is 1.78 bits per heavy atom. The van der Waals surface area contributed by atoms with E-state index in [1.54, 1.807) is 40.7 Å². The van der Waals surface area contributed by atoms with Crippen molar-refractivity contribution in [1.82, 2.24) is 4.31 Å². The van der Waals surface area contributed by atoms with Crippen molar-refractivity contribution in [1.29, 1.82) is 0 Å². The Morgan fingerprint density at radius 3 is 2.39 bits per heavy atom. The quantitative estimate of drug-likeness (QED) is 0.808. The molecule has 0 aromatic heterocycles. The molecule has 2 aromatic carbocycles. The summed E-state index contributed by atoms with van der Waals surface area (Å²) in [6.45, 7) is 2.52. The first kappa shape index (κ1) is 15.9. The molecule has 1 aliphatic rings. The van der Waals surface area contributed by atoms with Gasteiger partial charge in [-0.15, -0.1) is 0 Å². The number of carbonyl (C=O) groups excluding carboxylic acids is 1. The fraction of sp³-hybridized carbons (Fsp3) is 0.278. The van der Waals surface area contributed by atoms with Gasteiger partial charge in [-0.05, 0) is 31.4 Å². The normalized spacial score (nSPS) is 18.9. The summed E-state index contributed by atoms with van der Waals surface area (Å²) in [4.78, 5) is 11.1. The van der Waals surface area contributed by atoms with E-state index in [1.807, 2.05) is 19.1 Å². The summed E-state index contributed by atoms with van der Waals surface area (Å²) in [7, 11) is -3.52. The number of sulfonamides is 1. The lowest BCUT2D eigenvalue weighted by molar-refractivity contribution is 0.112. The van der Waals surface area contributed by atoms with Crippen molar-refractivity contribution in [3.05, 3.63) is 54.1 Å². The number of aldehydes is 1. The summed E-state index contributed by atoms with van der Waals surface area (Å²) in [6, 6.07) is 14.0. The molecule has 1 unspecified atom stereocenters. The molecular formula is C18H19NO3S. The van der Waals surface area contributed by atoms with Crippen LogP contribution in [0, 0.1) is 0 Å². The number of carbonyl (C=O) groups is 1. The van der Waals surface area contributed by atoms with E-state index in [9.17, 15) is 13.2 Å². The van der Waals surface area contributed by atoms with Crippen molar-refractivity contribution in [2.75, 3.05) is 6.54 Å². The summed E-state index contributed by atoms with van der Waals surface area (Å²) < 4.78 is 27.7. The maximum absolute atomic E-state index is 13.0. The molecule has 5 heteroatoms. The Kier molecular flexibility index (Phi) is 4.33. The first-order valence-corrected chi connectivity index (χ1v) is 9.14. The van der Waals surface area contributed by atoms with Crippen molar-refractivity contribution < 1.29 is 13.2 Å². The van der Waals surface area contributed by atoms with Gasteiger partial charge in [-0.1, -0.05) is 42.5 Å². The molecule has 1 atom stereocenters. The number of rotatable bonds is 4. The Balaban J connectivity index is 2.08. The molecule has 120 valence electrons. The van der Waals surface area contributed by atoms with Crippen LogP contribution in [0.1, 0.15) is 30.1 Å². The average Bonchev–Trinajstić information content (AvgIpc) is 3.02. The fourth-order valence-electron chi connectivity index (χ4n) is 3.06. The molecule has 1 saturated heterocycles. The summed E-state index contributed by atoms with van der Waals surface area (Å²) >= 11 is 0. The van der Waals surface area contributed by atoms with E-state index >= 15 is 0 Å². The molecule has 23 heavy (non-hydrogen) atoms. The van der Waals surface area contributed by atoms with Crippen molar-refractivity contribution in [2.24, 2.45) is 0 Å². The largest absolute Gasteiger partial charge is 0.298 e. The van der Waals surface area contributed by atoms with Crippen molar-refractivity contribution in [3.8, 4) is 11.1 Å². The van der Waals surface area contributed by atoms with E-state index < -0.39 is 10.0 Å². The van der Waals surface area contributed by atoms with E-state index in [1.165, 1.54) is 0 Å². The van der Waals surface area contributed by atoms with Gasteiger partial charge in [0.05, 0.1) is 4.90 Å². The molecular weight excluding hydrogens is 310 g/mol. The first-order chi connectivity index (χ1) is 11.0. The van der Waals surface area contributed by atoms with Crippen molar-refractivity contribution in [2.45, 2.75) is 30.7 Å². The number of hydrogen-bond donors (Lipinski definition) is 0. The highest BCUT2D eigenvalue weighted by Gasteiger charge is 2.33. The van der Waals surface area contributed by atoms with Gasteiger partial charge in [-0.25, -0.2) is 8.42 Å². The second kappa shape index (κ2) is 6.26. The molecule has 0 amide bonds. The zero-order chi connectivity index (χ0) is 16.4. The minimum atomic E-state index is -3.52. The maximum Gasteiger partial charge on any atom is 0.243 e. The highest BCUT2D eigenvalue weighted by atomic mass is 32.2. The summed E-state index contributed by atoms with van der Waals surface area (Å²) in [5.74, 6) is 0. The molecule has 3 rings (SSSR count). The molecule has 0 N–H and O–H groups in total. The van der Waals surface area contributed by atoms with Gasteiger partial charge in [-0.3, -0.25) is 4.79 Å². The Bertz CT molecular complexity index is 812. The van der Waals surface area contributed by atoms with Crippen LogP contribution in [0.4, 0.5) is 0 Å². The molecule has 2 aromatic rings. The third-order valence-corrected chi connectivity index (χ3v) is 6.40. The molecule has 1 aliphatic heterocycles. The standard InChI is InChI=1S/C18H19NO3S/c1-14-5-4-12-19(14)23(21,22)18-7-3-2-6-17(18)16-10-8-15(13-20)9-11-16/h2-3,6-11,13-14H,4-5,12H2,1H3. The lowest BCUT2D eigenvalue weighted by Crippen LogP contribution is -2.33. The molecule has 1 heterocycles. The van der Waals surface area contributed by atoms with Crippen LogP contribution in [-0.2, 0) is 10.0 Å². The molecule has 0 saturated carbocycles. The Labute approximate surface area is 136 Å². The van der Waals surface area contributed by atoms with E-state index in [-0.39, 0.29) is 6.04 Å². The minimum absolute atomic E-state index is 0.0329.